The lowest BCUT2D eigenvalue weighted by atomic mass is 9.96. The Labute approximate surface area is 164 Å². The van der Waals surface area contributed by atoms with Gasteiger partial charge in [0, 0.05) is 31.5 Å². The highest BCUT2D eigenvalue weighted by Crippen LogP contribution is 2.23. The van der Waals surface area contributed by atoms with Crippen molar-refractivity contribution in [2.45, 2.75) is 25.8 Å². The zero-order valence-electron chi connectivity index (χ0n) is 15.9. The number of hydrogen-bond donors (Lipinski definition) is 1. The summed E-state index contributed by atoms with van der Waals surface area (Å²) in [5.41, 5.74) is 1.11. The standard InChI is InChI=1S/C21H24N6O/c1-16(17-7-3-2-4-8-17)25-21(28)18-9-5-11-26(14-18)19-13-20(23-15-22-19)27-12-6-10-24-27/h2-4,6-8,10,12-13,15-16,18H,5,9,11,14H2,1H3,(H,25,28). The van der Waals surface area contributed by atoms with Crippen LogP contribution in [-0.4, -0.2) is 38.7 Å². The SMILES string of the molecule is CC(NC(=O)C1CCCN(c2cc(-n3cccn3)ncn2)C1)c1ccccc1. The Hall–Kier alpha value is -3.22. The molecule has 0 aliphatic carbocycles. The summed E-state index contributed by atoms with van der Waals surface area (Å²) in [5.74, 6) is 1.60. The molecule has 0 radical (unpaired) electrons. The van der Waals surface area contributed by atoms with Crippen molar-refractivity contribution in [1.82, 2.24) is 25.1 Å². The van der Waals surface area contributed by atoms with Gasteiger partial charge < -0.3 is 10.2 Å². The van der Waals surface area contributed by atoms with Gasteiger partial charge in [-0.1, -0.05) is 30.3 Å². The van der Waals surface area contributed by atoms with Crippen LogP contribution in [0.4, 0.5) is 5.82 Å². The number of nitrogens with zero attached hydrogens (tertiary/aromatic N) is 5. The van der Waals surface area contributed by atoms with E-state index in [1.807, 2.05) is 55.6 Å². The van der Waals surface area contributed by atoms with E-state index < -0.39 is 0 Å². The maximum absolute atomic E-state index is 12.8. The summed E-state index contributed by atoms with van der Waals surface area (Å²) in [4.78, 5) is 23.7. The Balaban J connectivity index is 1.43. The van der Waals surface area contributed by atoms with Gasteiger partial charge in [0.25, 0.3) is 0 Å². The average Bonchev–Trinajstić information content (AvgIpc) is 3.29. The Morgan fingerprint density at radius 3 is 2.79 bits per heavy atom. The van der Waals surface area contributed by atoms with Gasteiger partial charge in [-0.2, -0.15) is 5.10 Å². The maximum Gasteiger partial charge on any atom is 0.225 e. The normalized spacial score (nSPS) is 17.9. The molecule has 0 saturated carbocycles. The highest BCUT2D eigenvalue weighted by molar-refractivity contribution is 5.80. The third kappa shape index (κ3) is 4.03. The van der Waals surface area contributed by atoms with E-state index in [0.717, 1.165) is 36.6 Å². The molecule has 1 aromatic carbocycles. The number of carbonyl (C=O) groups excluding carboxylic acids is 1. The molecular formula is C21H24N6O. The summed E-state index contributed by atoms with van der Waals surface area (Å²) < 4.78 is 1.71. The summed E-state index contributed by atoms with van der Waals surface area (Å²) in [5, 5.41) is 7.38. The first-order chi connectivity index (χ1) is 13.7. The number of carbonyl (C=O) groups is 1. The molecule has 1 aliphatic rings. The number of amides is 1. The first-order valence-electron chi connectivity index (χ1n) is 9.63. The lowest BCUT2D eigenvalue weighted by Crippen LogP contribution is -2.44. The zero-order chi connectivity index (χ0) is 19.3. The molecule has 7 nitrogen and oxygen atoms in total. The van der Waals surface area contributed by atoms with Crippen LogP contribution in [-0.2, 0) is 4.79 Å². The molecular weight excluding hydrogens is 352 g/mol. The zero-order valence-corrected chi connectivity index (χ0v) is 15.9. The minimum Gasteiger partial charge on any atom is -0.356 e. The Bertz CT molecular complexity index is 912. The fraction of sp³-hybridized carbons (Fsp3) is 0.333. The van der Waals surface area contributed by atoms with E-state index in [9.17, 15) is 4.79 Å². The summed E-state index contributed by atoms with van der Waals surface area (Å²) in [6.07, 6.45) is 6.97. The van der Waals surface area contributed by atoms with E-state index in [4.69, 9.17) is 0 Å². The van der Waals surface area contributed by atoms with Crippen LogP contribution in [0.25, 0.3) is 5.82 Å². The molecule has 0 bridgehead atoms. The van der Waals surface area contributed by atoms with Crippen molar-refractivity contribution in [3.63, 3.8) is 0 Å². The first kappa shape index (κ1) is 18.2. The van der Waals surface area contributed by atoms with Crippen LogP contribution in [0.5, 0.6) is 0 Å². The minimum absolute atomic E-state index is 0.00505. The van der Waals surface area contributed by atoms with Crippen molar-refractivity contribution < 1.29 is 4.79 Å². The van der Waals surface area contributed by atoms with Gasteiger partial charge in [-0.25, -0.2) is 14.6 Å². The van der Waals surface area contributed by atoms with Crippen LogP contribution in [0.1, 0.15) is 31.4 Å². The van der Waals surface area contributed by atoms with Gasteiger partial charge in [-0.05, 0) is 31.4 Å². The van der Waals surface area contributed by atoms with E-state index in [-0.39, 0.29) is 17.9 Å². The first-order valence-corrected chi connectivity index (χ1v) is 9.63. The monoisotopic (exact) mass is 376 g/mol. The van der Waals surface area contributed by atoms with Crippen molar-refractivity contribution in [3.8, 4) is 5.82 Å². The number of aromatic nitrogens is 4. The summed E-state index contributed by atoms with van der Waals surface area (Å²) in [7, 11) is 0. The molecule has 144 valence electrons. The lowest BCUT2D eigenvalue weighted by Gasteiger charge is -2.33. The number of rotatable bonds is 5. The van der Waals surface area contributed by atoms with Gasteiger partial charge in [0.1, 0.15) is 12.1 Å². The van der Waals surface area contributed by atoms with E-state index in [1.165, 1.54) is 0 Å². The number of hydrogen-bond acceptors (Lipinski definition) is 5. The molecule has 3 heterocycles. The number of benzene rings is 1. The molecule has 1 fully saturated rings. The molecule has 0 spiro atoms. The van der Waals surface area contributed by atoms with Crippen molar-refractivity contribution in [1.29, 1.82) is 0 Å². The molecule has 7 heteroatoms. The Kier molecular flexibility index (Phi) is 5.32. The topological polar surface area (TPSA) is 75.9 Å². The number of anilines is 1. The van der Waals surface area contributed by atoms with Crippen LogP contribution >= 0.6 is 0 Å². The maximum atomic E-state index is 12.8. The van der Waals surface area contributed by atoms with Gasteiger partial charge >= 0.3 is 0 Å². The molecule has 1 amide bonds. The van der Waals surface area contributed by atoms with Gasteiger partial charge in [0.15, 0.2) is 5.82 Å². The third-order valence-corrected chi connectivity index (χ3v) is 5.15. The second kappa shape index (κ2) is 8.21. The van der Waals surface area contributed by atoms with Crippen molar-refractivity contribution in [3.05, 3.63) is 66.7 Å². The molecule has 2 aromatic heterocycles. The average molecular weight is 376 g/mol. The van der Waals surface area contributed by atoms with Crippen molar-refractivity contribution in [2.75, 3.05) is 18.0 Å². The predicted octanol–water partition coefficient (Wildman–Crippen LogP) is 2.76. The fourth-order valence-corrected chi connectivity index (χ4v) is 3.60. The number of piperidine rings is 1. The Morgan fingerprint density at radius 2 is 2.00 bits per heavy atom. The second-order valence-electron chi connectivity index (χ2n) is 7.11. The van der Waals surface area contributed by atoms with Gasteiger partial charge in [0.2, 0.25) is 5.91 Å². The van der Waals surface area contributed by atoms with Gasteiger partial charge in [-0.15, -0.1) is 0 Å². The molecule has 28 heavy (non-hydrogen) atoms. The van der Waals surface area contributed by atoms with Crippen LogP contribution in [0, 0.1) is 5.92 Å². The van der Waals surface area contributed by atoms with Crippen molar-refractivity contribution >= 4 is 11.7 Å². The quantitative estimate of drug-likeness (QED) is 0.741. The van der Waals surface area contributed by atoms with Gasteiger partial charge in [0.05, 0.1) is 12.0 Å². The van der Waals surface area contributed by atoms with Crippen LogP contribution in [0.15, 0.2) is 61.2 Å². The molecule has 1 aliphatic heterocycles. The second-order valence-corrected chi connectivity index (χ2v) is 7.11. The highest BCUT2D eigenvalue weighted by atomic mass is 16.2. The van der Waals surface area contributed by atoms with Crippen LogP contribution < -0.4 is 10.2 Å². The summed E-state index contributed by atoms with van der Waals surface area (Å²) in [6, 6.07) is 13.8. The molecule has 3 aromatic rings. The summed E-state index contributed by atoms with van der Waals surface area (Å²) >= 11 is 0. The molecule has 2 unspecified atom stereocenters. The smallest absolute Gasteiger partial charge is 0.225 e. The van der Waals surface area contributed by atoms with Crippen LogP contribution in [0.2, 0.25) is 0 Å². The molecule has 2 atom stereocenters. The summed E-state index contributed by atoms with van der Waals surface area (Å²) in [6.45, 7) is 3.56. The van der Waals surface area contributed by atoms with E-state index >= 15 is 0 Å². The van der Waals surface area contributed by atoms with E-state index in [0.29, 0.717) is 6.54 Å². The molecule has 1 saturated heterocycles. The lowest BCUT2D eigenvalue weighted by molar-refractivity contribution is -0.125. The Morgan fingerprint density at radius 1 is 1.18 bits per heavy atom. The third-order valence-electron chi connectivity index (χ3n) is 5.15. The predicted molar refractivity (Wildman–Crippen MR) is 107 cm³/mol. The van der Waals surface area contributed by atoms with Crippen LogP contribution in [0.3, 0.4) is 0 Å². The van der Waals surface area contributed by atoms with Gasteiger partial charge in [-0.3, -0.25) is 4.79 Å². The fourth-order valence-electron chi connectivity index (χ4n) is 3.60. The van der Waals surface area contributed by atoms with E-state index in [2.05, 4.69) is 25.3 Å². The largest absolute Gasteiger partial charge is 0.356 e. The molecule has 4 rings (SSSR count). The van der Waals surface area contributed by atoms with E-state index in [1.54, 1.807) is 17.2 Å². The number of nitrogens with one attached hydrogen (secondary N) is 1. The highest BCUT2D eigenvalue weighted by Gasteiger charge is 2.27. The minimum atomic E-state index is -0.0527. The molecule has 1 N–H and O–H groups in total. The van der Waals surface area contributed by atoms with Crippen molar-refractivity contribution in [2.24, 2.45) is 5.92 Å².